The highest BCUT2D eigenvalue weighted by molar-refractivity contribution is 5.77. The van der Waals surface area contributed by atoms with E-state index in [1.807, 2.05) is 62.7 Å². The Bertz CT molecular complexity index is 1520. The molecular formula is C27H29N7O. The van der Waals surface area contributed by atoms with Gasteiger partial charge in [-0.25, -0.2) is 14.3 Å². The van der Waals surface area contributed by atoms with Crippen molar-refractivity contribution in [3.63, 3.8) is 0 Å². The number of fused-ring (bicyclic) bond motifs is 2. The van der Waals surface area contributed by atoms with Gasteiger partial charge in [0.25, 0.3) is 5.56 Å². The highest BCUT2D eigenvalue weighted by atomic mass is 16.1. The normalized spacial score (nSPS) is 13.6. The fourth-order valence-electron chi connectivity index (χ4n) is 4.55. The number of hydrogen-bond donors (Lipinski definition) is 2. The molecule has 0 spiro atoms. The average Bonchev–Trinajstić information content (AvgIpc) is 3.16. The molecule has 2 N–H and O–H groups in total. The Kier molecular flexibility index (Phi) is 5.65. The minimum atomic E-state index is -0.662. The molecule has 8 nitrogen and oxygen atoms in total. The number of nitrogens with one attached hydrogen (secondary N) is 2. The van der Waals surface area contributed by atoms with E-state index in [1.165, 1.54) is 11.1 Å². The predicted octanol–water partition coefficient (Wildman–Crippen LogP) is 4.35. The van der Waals surface area contributed by atoms with E-state index in [9.17, 15) is 10.1 Å². The van der Waals surface area contributed by atoms with Gasteiger partial charge < -0.3 is 10.6 Å². The first-order valence-electron chi connectivity index (χ1n) is 11.9. The van der Waals surface area contributed by atoms with Gasteiger partial charge in [-0.1, -0.05) is 18.2 Å². The van der Waals surface area contributed by atoms with Crippen LogP contribution in [0.2, 0.25) is 0 Å². The van der Waals surface area contributed by atoms with Crippen LogP contribution in [0.4, 0.5) is 11.6 Å². The maximum absolute atomic E-state index is 13.3. The number of rotatable bonds is 5. The van der Waals surface area contributed by atoms with Gasteiger partial charge in [-0.15, -0.1) is 0 Å². The summed E-state index contributed by atoms with van der Waals surface area (Å²) in [5.41, 5.74) is 4.88. The summed E-state index contributed by atoms with van der Waals surface area (Å²) in [4.78, 5) is 22.5. The Hall–Kier alpha value is -3.96. The maximum atomic E-state index is 13.3. The number of nitrogens with zero attached hydrogens (tertiary/aromatic N) is 5. The number of hydrogen-bond acceptors (Lipinski definition) is 6. The minimum absolute atomic E-state index is 0.103. The molecule has 8 heteroatoms. The van der Waals surface area contributed by atoms with Crippen LogP contribution in [0.3, 0.4) is 0 Å². The second kappa shape index (κ2) is 8.67. The van der Waals surface area contributed by atoms with Crippen LogP contribution in [0.5, 0.6) is 0 Å². The Morgan fingerprint density at radius 2 is 2.00 bits per heavy atom. The SMILES string of the molecule is CC(C)n1c(=O)c2cnc(Nc3ccc4c(c3)CNCC4)nc2n1-c1cccc(C(C)(C)C#N)c1. The first-order valence-corrected chi connectivity index (χ1v) is 11.9. The van der Waals surface area contributed by atoms with Gasteiger partial charge in [0.05, 0.1) is 17.2 Å². The highest BCUT2D eigenvalue weighted by Crippen LogP contribution is 2.27. The summed E-state index contributed by atoms with van der Waals surface area (Å²) in [7, 11) is 0. The van der Waals surface area contributed by atoms with Crippen molar-refractivity contribution in [3.05, 3.63) is 75.7 Å². The molecular weight excluding hydrogens is 438 g/mol. The zero-order chi connectivity index (χ0) is 24.7. The molecule has 0 fully saturated rings. The summed E-state index contributed by atoms with van der Waals surface area (Å²) in [6.45, 7) is 9.54. The number of benzene rings is 2. The standard InChI is InChI=1S/C27H29N7O/c1-17(2)33-25(35)23-15-30-26(31-21-9-8-18-10-11-29-14-19(18)12-21)32-24(23)34(33)22-7-5-6-20(13-22)27(3,4)16-28/h5-9,12-13,15,17,29H,10-11,14H2,1-4H3,(H,30,31,32). The van der Waals surface area contributed by atoms with E-state index >= 15 is 0 Å². The molecule has 0 radical (unpaired) electrons. The molecule has 5 rings (SSSR count). The van der Waals surface area contributed by atoms with Crippen LogP contribution in [0.15, 0.2) is 53.5 Å². The third-order valence-corrected chi connectivity index (χ3v) is 6.55. The molecule has 2 aromatic heterocycles. The third-order valence-electron chi connectivity index (χ3n) is 6.55. The van der Waals surface area contributed by atoms with E-state index < -0.39 is 5.41 Å². The van der Waals surface area contributed by atoms with Crippen LogP contribution in [-0.2, 0) is 18.4 Å². The quantitative estimate of drug-likeness (QED) is 0.453. The summed E-state index contributed by atoms with van der Waals surface area (Å²) in [5.74, 6) is 0.421. The van der Waals surface area contributed by atoms with Gasteiger partial charge in [-0.2, -0.15) is 10.2 Å². The Morgan fingerprint density at radius 3 is 2.77 bits per heavy atom. The lowest BCUT2D eigenvalue weighted by atomic mass is 9.86. The number of aromatic nitrogens is 4. The topological polar surface area (TPSA) is 101 Å². The monoisotopic (exact) mass is 467 g/mol. The lowest BCUT2D eigenvalue weighted by molar-refractivity contribution is 0.475. The first kappa shape index (κ1) is 22.8. The average molecular weight is 468 g/mol. The fourth-order valence-corrected chi connectivity index (χ4v) is 4.55. The smallest absolute Gasteiger partial charge is 0.278 e. The third kappa shape index (κ3) is 4.08. The van der Waals surface area contributed by atoms with Gasteiger partial charge >= 0.3 is 0 Å². The van der Waals surface area contributed by atoms with Crippen molar-refractivity contribution < 1.29 is 0 Å². The fraction of sp³-hybridized carbons (Fsp3) is 0.333. The maximum Gasteiger partial charge on any atom is 0.278 e. The van der Waals surface area contributed by atoms with Crippen LogP contribution < -0.4 is 16.2 Å². The molecule has 3 heterocycles. The van der Waals surface area contributed by atoms with Crippen molar-refractivity contribution in [2.24, 2.45) is 0 Å². The van der Waals surface area contributed by atoms with E-state index in [2.05, 4.69) is 33.8 Å². The minimum Gasteiger partial charge on any atom is -0.324 e. The summed E-state index contributed by atoms with van der Waals surface area (Å²) < 4.78 is 3.52. The van der Waals surface area contributed by atoms with Crippen LogP contribution >= 0.6 is 0 Å². The highest BCUT2D eigenvalue weighted by Gasteiger charge is 2.23. The van der Waals surface area contributed by atoms with Crippen LogP contribution in [0.1, 0.15) is 50.4 Å². The molecule has 1 aliphatic heterocycles. The van der Waals surface area contributed by atoms with Crippen molar-refractivity contribution in [2.45, 2.75) is 52.1 Å². The largest absolute Gasteiger partial charge is 0.324 e. The lowest BCUT2D eigenvalue weighted by Gasteiger charge is -2.20. The van der Waals surface area contributed by atoms with Crippen LogP contribution in [0, 0.1) is 11.3 Å². The van der Waals surface area contributed by atoms with Crippen molar-refractivity contribution in [2.75, 3.05) is 11.9 Å². The molecule has 0 saturated heterocycles. The first-order chi connectivity index (χ1) is 16.8. The molecule has 0 atom stereocenters. The van der Waals surface area contributed by atoms with Crippen LogP contribution in [0.25, 0.3) is 16.7 Å². The molecule has 4 aromatic rings. The van der Waals surface area contributed by atoms with Crippen molar-refractivity contribution >= 4 is 22.7 Å². The van der Waals surface area contributed by atoms with Gasteiger partial charge in [0.1, 0.15) is 5.39 Å². The zero-order valence-corrected chi connectivity index (χ0v) is 20.5. The molecule has 0 bridgehead atoms. The molecule has 178 valence electrons. The van der Waals surface area contributed by atoms with E-state index in [-0.39, 0.29) is 11.6 Å². The second-order valence-electron chi connectivity index (χ2n) is 9.81. The van der Waals surface area contributed by atoms with Crippen molar-refractivity contribution in [1.82, 2.24) is 24.6 Å². The summed E-state index contributed by atoms with van der Waals surface area (Å²) in [6.07, 6.45) is 2.61. The van der Waals surface area contributed by atoms with Gasteiger partial charge in [0.15, 0.2) is 5.65 Å². The Labute approximate surface area is 204 Å². The molecule has 35 heavy (non-hydrogen) atoms. The predicted molar refractivity (Wildman–Crippen MR) is 137 cm³/mol. The molecule has 2 aromatic carbocycles. The van der Waals surface area contributed by atoms with E-state index in [0.717, 1.165) is 36.4 Å². The molecule has 0 saturated carbocycles. The molecule has 0 aliphatic carbocycles. The van der Waals surface area contributed by atoms with Gasteiger partial charge in [-0.3, -0.25) is 4.79 Å². The van der Waals surface area contributed by atoms with Gasteiger partial charge in [0.2, 0.25) is 5.95 Å². The van der Waals surface area contributed by atoms with E-state index in [4.69, 9.17) is 4.98 Å². The summed E-state index contributed by atoms with van der Waals surface area (Å²) >= 11 is 0. The molecule has 1 aliphatic rings. The van der Waals surface area contributed by atoms with E-state index in [1.54, 1.807) is 10.9 Å². The zero-order valence-electron chi connectivity index (χ0n) is 20.5. The van der Waals surface area contributed by atoms with E-state index in [0.29, 0.717) is 17.0 Å². The summed E-state index contributed by atoms with van der Waals surface area (Å²) in [5, 5.41) is 16.8. The van der Waals surface area contributed by atoms with Gasteiger partial charge in [0, 0.05) is 24.5 Å². The summed E-state index contributed by atoms with van der Waals surface area (Å²) in [6, 6.07) is 16.3. The van der Waals surface area contributed by atoms with Crippen molar-refractivity contribution in [1.29, 1.82) is 5.26 Å². The molecule has 0 unspecified atom stereocenters. The Morgan fingerprint density at radius 1 is 1.17 bits per heavy atom. The van der Waals surface area contributed by atoms with Crippen LogP contribution in [-0.4, -0.2) is 25.9 Å². The lowest BCUT2D eigenvalue weighted by Crippen LogP contribution is -2.24. The number of nitriles is 1. The van der Waals surface area contributed by atoms with Crippen molar-refractivity contribution in [3.8, 4) is 11.8 Å². The van der Waals surface area contributed by atoms with Gasteiger partial charge in [-0.05, 0) is 81.6 Å². The number of anilines is 2. The molecule has 0 amide bonds. The Balaban J connectivity index is 1.63. The second-order valence-corrected chi connectivity index (χ2v) is 9.81.